The average molecular weight is 295 g/mol. The van der Waals surface area contributed by atoms with Crippen LogP contribution in [-0.4, -0.2) is 47.8 Å². The summed E-state index contributed by atoms with van der Waals surface area (Å²) in [5, 5.41) is 13.1. The highest BCUT2D eigenvalue weighted by Gasteiger charge is 2.24. The van der Waals surface area contributed by atoms with Crippen molar-refractivity contribution in [3.05, 3.63) is 24.3 Å². The molecular weight excluding hydrogens is 282 g/mol. The Bertz CT molecular complexity index is 1020. The Morgan fingerprint density at radius 1 is 1.36 bits per heavy atom. The van der Waals surface area contributed by atoms with Crippen LogP contribution in [0.15, 0.2) is 18.5 Å². The molecule has 5 heterocycles. The first-order chi connectivity index (χ1) is 10.8. The van der Waals surface area contributed by atoms with E-state index >= 15 is 0 Å². The second-order valence-corrected chi connectivity index (χ2v) is 5.58. The zero-order valence-electron chi connectivity index (χ0n) is 12.0. The minimum Gasteiger partial charge on any atom is -0.379 e. The van der Waals surface area contributed by atoms with Crippen LogP contribution in [0.4, 0.5) is 0 Å². The molecular formula is C14H13N7O. The van der Waals surface area contributed by atoms with E-state index in [2.05, 4.69) is 32.0 Å². The zero-order valence-corrected chi connectivity index (χ0v) is 12.0. The topological polar surface area (TPSA) is 83.0 Å². The van der Waals surface area contributed by atoms with Crippen LogP contribution >= 0.6 is 0 Å². The number of fused-ring (bicyclic) bond motifs is 8. The third-order valence-corrected chi connectivity index (χ3v) is 4.22. The van der Waals surface area contributed by atoms with Crippen LogP contribution in [0.25, 0.3) is 27.6 Å². The second kappa shape index (κ2) is 4.20. The van der Waals surface area contributed by atoms with Crippen molar-refractivity contribution < 1.29 is 4.74 Å². The van der Waals surface area contributed by atoms with Gasteiger partial charge in [-0.1, -0.05) is 0 Å². The lowest BCUT2D eigenvalue weighted by Crippen LogP contribution is -2.10. The summed E-state index contributed by atoms with van der Waals surface area (Å²) in [6.07, 6.45) is 4.37. The summed E-state index contributed by atoms with van der Waals surface area (Å²) in [7, 11) is 0. The minimum absolute atomic E-state index is 0.220. The Labute approximate surface area is 124 Å². The van der Waals surface area contributed by atoms with Crippen molar-refractivity contribution in [1.29, 1.82) is 0 Å². The summed E-state index contributed by atoms with van der Waals surface area (Å²) in [6, 6.07) is 2.21. The molecule has 8 heteroatoms. The largest absolute Gasteiger partial charge is 0.379 e. The van der Waals surface area contributed by atoms with Gasteiger partial charge in [-0.05, 0) is 23.4 Å². The fourth-order valence-electron chi connectivity index (χ4n) is 3.29. The summed E-state index contributed by atoms with van der Waals surface area (Å²) in [6.45, 7) is 3.52. The maximum Gasteiger partial charge on any atom is 0.207 e. The molecule has 4 aromatic rings. The number of hydrogen-bond acceptors (Lipinski definition) is 6. The number of tetrazole rings is 1. The van der Waals surface area contributed by atoms with E-state index in [4.69, 9.17) is 9.72 Å². The van der Waals surface area contributed by atoms with Gasteiger partial charge in [0, 0.05) is 18.0 Å². The lowest BCUT2D eigenvalue weighted by molar-refractivity contribution is 0.124. The zero-order chi connectivity index (χ0) is 14.7. The highest BCUT2D eigenvalue weighted by molar-refractivity contribution is 6.08. The van der Waals surface area contributed by atoms with Gasteiger partial charge in [0.1, 0.15) is 11.3 Å². The van der Waals surface area contributed by atoms with Gasteiger partial charge in [0.15, 0.2) is 0 Å². The molecule has 0 radical (unpaired) electrons. The number of rotatable bonds is 0. The molecule has 0 saturated heterocycles. The van der Waals surface area contributed by atoms with Gasteiger partial charge in [-0.15, -0.1) is 5.10 Å². The predicted molar refractivity (Wildman–Crippen MR) is 78.6 cm³/mol. The van der Waals surface area contributed by atoms with Gasteiger partial charge in [-0.25, -0.2) is 4.98 Å². The predicted octanol–water partition coefficient (Wildman–Crippen LogP) is 1.16. The van der Waals surface area contributed by atoms with E-state index in [-0.39, 0.29) is 6.04 Å². The third-order valence-electron chi connectivity index (χ3n) is 4.22. The summed E-state index contributed by atoms with van der Waals surface area (Å²) in [5.41, 5.74) is 3.46. The van der Waals surface area contributed by atoms with Gasteiger partial charge < -0.3 is 9.30 Å². The first kappa shape index (κ1) is 12.0. The first-order valence-corrected chi connectivity index (χ1v) is 7.27. The third kappa shape index (κ3) is 1.42. The fourth-order valence-corrected chi connectivity index (χ4v) is 3.29. The minimum atomic E-state index is 0.220. The van der Waals surface area contributed by atoms with E-state index in [0.717, 1.165) is 34.2 Å². The lowest BCUT2D eigenvalue weighted by atomic mass is 10.2. The number of ether oxygens (including phenoxy) is 1. The standard InChI is InChI=1S/C14H13N7O/c1-8-7-22-5-3-11-16-12-13(20(8)11)9-2-4-15-6-10(9)21-14(12)17-18-19-21/h2,4,6,8H,3,5,7H2,1H3. The molecule has 1 aliphatic rings. The smallest absolute Gasteiger partial charge is 0.207 e. The van der Waals surface area contributed by atoms with E-state index in [0.29, 0.717) is 18.9 Å². The van der Waals surface area contributed by atoms with Gasteiger partial charge in [0.05, 0.1) is 36.5 Å². The van der Waals surface area contributed by atoms with E-state index in [1.807, 2.05) is 6.07 Å². The molecule has 8 nitrogen and oxygen atoms in total. The van der Waals surface area contributed by atoms with Gasteiger partial charge in [0.2, 0.25) is 5.65 Å². The molecule has 5 rings (SSSR count). The Balaban J connectivity index is 2.06. The molecule has 1 atom stereocenters. The van der Waals surface area contributed by atoms with Crippen molar-refractivity contribution in [3.63, 3.8) is 0 Å². The van der Waals surface area contributed by atoms with E-state index in [9.17, 15) is 0 Å². The summed E-state index contributed by atoms with van der Waals surface area (Å²) in [5.74, 6) is 1.02. The van der Waals surface area contributed by atoms with Crippen molar-refractivity contribution in [2.24, 2.45) is 0 Å². The van der Waals surface area contributed by atoms with Crippen molar-refractivity contribution in [1.82, 2.24) is 34.6 Å². The van der Waals surface area contributed by atoms with Gasteiger partial charge in [0.25, 0.3) is 0 Å². The van der Waals surface area contributed by atoms with Crippen LogP contribution in [0.5, 0.6) is 0 Å². The molecule has 110 valence electrons. The average Bonchev–Trinajstić information content (AvgIpc) is 3.12. The molecule has 0 saturated carbocycles. The van der Waals surface area contributed by atoms with Crippen molar-refractivity contribution >= 4 is 27.6 Å². The fraction of sp³-hybridized carbons (Fsp3) is 0.357. The Morgan fingerprint density at radius 3 is 3.27 bits per heavy atom. The summed E-state index contributed by atoms with van der Waals surface area (Å²) >= 11 is 0. The summed E-state index contributed by atoms with van der Waals surface area (Å²) in [4.78, 5) is 9.03. The summed E-state index contributed by atoms with van der Waals surface area (Å²) < 4.78 is 9.63. The van der Waals surface area contributed by atoms with Gasteiger partial charge in [-0.3, -0.25) is 4.98 Å². The molecule has 1 aliphatic heterocycles. The van der Waals surface area contributed by atoms with Crippen LogP contribution in [0.3, 0.4) is 0 Å². The molecule has 22 heavy (non-hydrogen) atoms. The first-order valence-electron chi connectivity index (χ1n) is 7.27. The Morgan fingerprint density at radius 2 is 2.32 bits per heavy atom. The quantitative estimate of drug-likeness (QED) is 0.484. The molecule has 0 aliphatic carbocycles. The van der Waals surface area contributed by atoms with Crippen LogP contribution in [-0.2, 0) is 11.2 Å². The van der Waals surface area contributed by atoms with Gasteiger partial charge >= 0.3 is 0 Å². The molecule has 0 fully saturated rings. The maximum atomic E-state index is 5.66. The van der Waals surface area contributed by atoms with Crippen molar-refractivity contribution in [2.75, 3.05) is 13.2 Å². The van der Waals surface area contributed by atoms with Gasteiger partial charge in [-0.2, -0.15) is 4.52 Å². The highest BCUT2D eigenvalue weighted by Crippen LogP contribution is 2.31. The van der Waals surface area contributed by atoms with Crippen LogP contribution in [0.2, 0.25) is 0 Å². The molecule has 4 aromatic heterocycles. The SMILES string of the molecule is CC1COCCc2nc3c(c4ccncc4n4nnnc34)n21. The molecule has 0 N–H and O–H groups in total. The monoisotopic (exact) mass is 295 g/mol. The number of imidazole rings is 1. The normalized spacial score (nSPS) is 18.9. The second-order valence-electron chi connectivity index (χ2n) is 5.58. The van der Waals surface area contributed by atoms with Crippen LogP contribution in [0, 0.1) is 0 Å². The highest BCUT2D eigenvalue weighted by atomic mass is 16.5. The van der Waals surface area contributed by atoms with Crippen molar-refractivity contribution in [2.45, 2.75) is 19.4 Å². The Hall–Kier alpha value is -2.61. The number of aromatic nitrogens is 7. The van der Waals surface area contributed by atoms with Crippen molar-refractivity contribution in [3.8, 4) is 0 Å². The van der Waals surface area contributed by atoms with E-state index < -0.39 is 0 Å². The number of nitrogens with zero attached hydrogens (tertiary/aromatic N) is 7. The maximum absolute atomic E-state index is 5.66. The molecule has 0 aromatic carbocycles. The van der Waals surface area contributed by atoms with Crippen LogP contribution in [0.1, 0.15) is 18.8 Å². The van der Waals surface area contributed by atoms with Crippen LogP contribution < -0.4 is 0 Å². The molecule has 0 spiro atoms. The number of pyridine rings is 2. The lowest BCUT2D eigenvalue weighted by Gasteiger charge is -2.14. The van der Waals surface area contributed by atoms with E-state index in [1.165, 1.54) is 0 Å². The molecule has 0 amide bonds. The number of hydrogen-bond donors (Lipinski definition) is 0. The molecule has 0 bridgehead atoms. The van der Waals surface area contributed by atoms with E-state index in [1.54, 1.807) is 16.9 Å². The Kier molecular flexibility index (Phi) is 2.29. The molecule has 1 unspecified atom stereocenters.